The van der Waals surface area contributed by atoms with Crippen LogP contribution in [-0.2, 0) is 9.84 Å². The van der Waals surface area contributed by atoms with E-state index in [1.165, 1.54) is 25.3 Å². The maximum absolute atomic E-state index is 11.5. The number of Topliss-reactive ketones (excluding diaryl/α,β-unsaturated/α-hetero) is 1. The predicted octanol–water partition coefficient (Wildman–Crippen LogP) is 0.628. The zero-order valence-electron chi connectivity index (χ0n) is 8.93. The van der Waals surface area contributed by atoms with Crippen LogP contribution in [0.2, 0.25) is 0 Å². The highest BCUT2D eigenvalue weighted by Crippen LogP contribution is 2.26. The number of hydrogen-bond donors (Lipinski definition) is 1. The molecule has 0 heterocycles. The summed E-state index contributed by atoms with van der Waals surface area (Å²) in [5.74, 6) is -1.04. The van der Waals surface area contributed by atoms with Gasteiger partial charge in [-0.2, -0.15) is 0 Å². The SMILES string of the molecule is COc1cc(C(=O)CS(C)(=O)=O)ccc1O. The van der Waals surface area contributed by atoms with Crippen molar-refractivity contribution < 1.29 is 23.1 Å². The molecule has 0 aliphatic heterocycles. The zero-order valence-corrected chi connectivity index (χ0v) is 9.74. The Hall–Kier alpha value is -1.56. The molecule has 0 aliphatic carbocycles. The van der Waals surface area contributed by atoms with Crippen molar-refractivity contribution in [2.24, 2.45) is 0 Å². The summed E-state index contributed by atoms with van der Waals surface area (Å²) < 4.78 is 26.7. The summed E-state index contributed by atoms with van der Waals surface area (Å²) >= 11 is 0. The van der Waals surface area contributed by atoms with Crippen molar-refractivity contribution in [1.29, 1.82) is 0 Å². The van der Waals surface area contributed by atoms with Crippen molar-refractivity contribution in [3.8, 4) is 11.5 Å². The summed E-state index contributed by atoms with van der Waals surface area (Å²) in [5, 5.41) is 9.29. The van der Waals surface area contributed by atoms with Gasteiger partial charge < -0.3 is 9.84 Å². The van der Waals surface area contributed by atoms with E-state index in [0.29, 0.717) is 0 Å². The van der Waals surface area contributed by atoms with E-state index < -0.39 is 21.4 Å². The highest BCUT2D eigenvalue weighted by molar-refractivity contribution is 7.91. The first-order chi connectivity index (χ1) is 7.33. The van der Waals surface area contributed by atoms with Crippen LogP contribution >= 0.6 is 0 Å². The molecule has 1 rings (SSSR count). The number of benzene rings is 1. The number of aromatic hydroxyl groups is 1. The summed E-state index contributed by atoms with van der Waals surface area (Å²) in [6.07, 6.45) is 0.989. The van der Waals surface area contributed by atoms with Gasteiger partial charge in [-0.25, -0.2) is 8.42 Å². The Balaban J connectivity index is 3.01. The standard InChI is InChI=1S/C10H12O5S/c1-15-10-5-7(3-4-8(10)11)9(12)6-16(2,13)14/h3-5,11H,6H2,1-2H3. The molecule has 0 spiro atoms. The summed E-state index contributed by atoms with van der Waals surface area (Å²) in [5.41, 5.74) is 0.195. The second-order valence-electron chi connectivity index (χ2n) is 3.38. The largest absolute Gasteiger partial charge is 0.504 e. The number of phenols is 1. The van der Waals surface area contributed by atoms with E-state index in [9.17, 15) is 18.3 Å². The normalized spacial score (nSPS) is 11.1. The number of phenolic OH excluding ortho intramolecular Hbond substituents is 1. The first-order valence-electron chi connectivity index (χ1n) is 4.41. The van der Waals surface area contributed by atoms with Crippen LogP contribution in [0.4, 0.5) is 0 Å². The lowest BCUT2D eigenvalue weighted by atomic mass is 10.1. The van der Waals surface area contributed by atoms with E-state index in [2.05, 4.69) is 0 Å². The summed E-state index contributed by atoms with van der Waals surface area (Å²) in [6.45, 7) is 0. The van der Waals surface area contributed by atoms with Crippen molar-refractivity contribution in [2.45, 2.75) is 0 Å². The first kappa shape index (κ1) is 12.5. The summed E-state index contributed by atoms with van der Waals surface area (Å²) in [4.78, 5) is 11.5. The molecular weight excluding hydrogens is 232 g/mol. The van der Waals surface area contributed by atoms with Crippen LogP contribution < -0.4 is 4.74 Å². The third kappa shape index (κ3) is 3.23. The number of carbonyl (C=O) groups excluding carboxylic acids is 1. The lowest BCUT2D eigenvalue weighted by molar-refractivity contribution is 0.102. The Morgan fingerprint density at radius 2 is 2.06 bits per heavy atom. The Kier molecular flexibility index (Phi) is 3.54. The fraction of sp³-hybridized carbons (Fsp3) is 0.300. The van der Waals surface area contributed by atoms with Crippen LogP contribution in [0.15, 0.2) is 18.2 Å². The Morgan fingerprint density at radius 1 is 1.44 bits per heavy atom. The molecule has 0 radical (unpaired) electrons. The van der Waals surface area contributed by atoms with Gasteiger partial charge in [-0.15, -0.1) is 0 Å². The minimum Gasteiger partial charge on any atom is -0.504 e. The first-order valence-corrected chi connectivity index (χ1v) is 6.47. The Labute approximate surface area is 93.6 Å². The minimum atomic E-state index is -3.35. The molecule has 16 heavy (non-hydrogen) atoms. The van der Waals surface area contributed by atoms with Gasteiger partial charge in [0.1, 0.15) is 5.75 Å². The molecule has 88 valence electrons. The number of hydrogen-bond acceptors (Lipinski definition) is 5. The molecule has 0 aromatic heterocycles. The predicted molar refractivity (Wildman–Crippen MR) is 58.7 cm³/mol. The van der Waals surface area contributed by atoms with Gasteiger partial charge in [0.15, 0.2) is 27.1 Å². The summed E-state index contributed by atoms with van der Waals surface area (Å²) in [7, 11) is -2.01. The monoisotopic (exact) mass is 244 g/mol. The van der Waals surface area contributed by atoms with E-state index in [1.807, 2.05) is 0 Å². The van der Waals surface area contributed by atoms with Gasteiger partial charge in [0.2, 0.25) is 0 Å². The van der Waals surface area contributed by atoms with Gasteiger partial charge in [-0.05, 0) is 18.2 Å². The van der Waals surface area contributed by atoms with Crippen LogP contribution in [0.5, 0.6) is 11.5 Å². The van der Waals surface area contributed by atoms with Crippen molar-refractivity contribution in [3.05, 3.63) is 23.8 Å². The fourth-order valence-corrected chi connectivity index (χ4v) is 1.82. The van der Waals surface area contributed by atoms with Gasteiger partial charge in [-0.1, -0.05) is 0 Å². The second kappa shape index (κ2) is 4.52. The maximum Gasteiger partial charge on any atom is 0.177 e. The molecule has 6 heteroatoms. The average Bonchev–Trinajstić information content (AvgIpc) is 2.15. The van der Waals surface area contributed by atoms with E-state index in [-0.39, 0.29) is 17.1 Å². The van der Waals surface area contributed by atoms with Gasteiger partial charge in [-0.3, -0.25) is 4.79 Å². The van der Waals surface area contributed by atoms with Gasteiger partial charge >= 0.3 is 0 Å². The Morgan fingerprint density at radius 3 is 2.56 bits per heavy atom. The molecular formula is C10H12O5S. The molecule has 0 saturated carbocycles. The van der Waals surface area contributed by atoms with Crippen LogP contribution in [0.3, 0.4) is 0 Å². The number of carbonyl (C=O) groups is 1. The molecule has 0 atom stereocenters. The third-order valence-corrected chi connectivity index (χ3v) is 2.68. The highest BCUT2D eigenvalue weighted by atomic mass is 32.2. The molecule has 0 aliphatic rings. The quantitative estimate of drug-likeness (QED) is 0.785. The molecule has 0 bridgehead atoms. The fourth-order valence-electron chi connectivity index (χ4n) is 1.17. The van der Waals surface area contributed by atoms with Crippen LogP contribution in [0.25, 0.3) is 0 Å². The van der Waals surface area contributed by atoms with Gasteiger partial charge in [0.25, 0.3) is 0 Å². The van der Waals surface area contributed by atoms with Crippen LogP contribution in [-0.4, -0.2) is 38.4 Å². The number of ketones is 1. The zero-order chi connectivity index (χ0) is 12.3. The molecule has 0 amide bonds. The van der Waals surface area contributed by atoms with Crippen molar-refractivity contribution in [2.75, 3.05) is 19.1 Å². The van der Waals surface area contributed by atoms with E-state index in [0.717, 1.165) is 6.26 Å². The molecule has 0 saturated heterocycles. The molecule has 5 nitrogen and oxygen atoms in total. The topological polar surface area (TPSA) is 80.7 Å². The lowest BCUT2D eigenvalue weighted by Crippen LogP contribution is -2.14. The van der Waals surface area contributed by atoms with Crippen molar-refractivity contribution >= 4 is 15.6 Å². The van der Waals surface area contributed by atoms with Gasteiger partial charge in [0, 0.05) is 11.8 Å². The lowest BCUT2D eigenvalue weighted by Gasteiger charge is -2.05. The van der Waals surface area contributed by atoms with Crippen molar-refractivity contribution in [1.82, 2.24) is 0 Å². The molecule has 1 aromatic rings. The van der Waals surface area contributed by atoms with E-state index in [1.54, 1.807) is 0 Å². The van der Waals surface area contributed by atoms with E-state index >= 15 is 0 Å². The molecule has 1 aromatic carbocycles. The van der Waals surface area contributed by atoms with Crippen LogP contribution in [0, 0.1) is 0 Å². The number of methoxy groups -OCH3 is 1. The number of sulfone groups is 1. The number of rotatable bonds is 4. The molecule has 0 fully saturated rings. The third-order valence-electron chi connectivity index (χ3n) is 1.89. The maximum atomic E-state index is 11.5. The number of ether oxygens (including phenoxy) is 1. The molecule has 0 unspecified atom stereocenters. The minimum absolute atomic E-state index is 0.0987. The average molecular weight is 244 g/mol. The summed E-state index contributed by atoms with van der Waals surface area (Å²) in [6, 6.07) is 3.95. The van der Waals surface area contributed by atoms with E-state index in [4.69, 9.17) is 4.74 Å². The highest BCUT2D eigenvalue weighted by Gasteiger charge is 2.14. The smallest absolute Gasteiger partial charge is 0.177 e. The van der Waals surface area contributed by atoms with Crippen LogP contribution in [0.1, 0.15) is 10.4 Å². The van der Waals surface area contributed by atoms with Gasteiger partial charge in [0.05, 0.1) is 7.11 Å². The second-order valence-corrected chi connectivity index (χ2v) is 5.52. The molecule has 1 N–H and O–H groups in total. The Bertz CT molecular complexity index is 504. The van der Waals surface area contributed by atoms with Crippen molar-refractivity contribution in [3.63, 3.8) is 0 Å².